The minimum atomic E-state index is -1.03. The maximum absolute atomic E-state index is 11.7. The number of hydrogen-bond acceptors (Lipinski definition) is 2. The number of rotatable bonds is 4. The Kier molecular flexibility index (Phi) is 4.48. The van der Waals surface area contributed by atoms with Gasteiger partial charge in [-0.15, -0.1) is 0 Å². The molecule has 1 atom stereocenters. The molecule has 0 radical (unpaired) electrons. The Balaban J connectivity index is 2.80. The number of nitrogens with one attached hydrogen (secondary N) is 1. The first-order valence-electron chi connectivity index (χ1n) is 5.90. The standard InChI is InChI=1S/C14H19NO3/c1-8-5-9(2)12(10(3)6-8)7-13(16)15-11(4)14(17)18/h5-6,11H,7H2,1-4H3,(H,15,16)(H,17,18)/t11-/m0/s1. The number of carbonyl (C=O) groups excluding carboxylic acids is 1. The fourth-order valence-corrected chi connectivity index (χ4v) is 2.00. The lowest BCUT2D eigenvalue weighted by Crippen LogP contribution is -2.39. The highest BCUT2D eigenvalue weighted by Crippen LogP contribution is 2.16. The van der Waals surface area contributed by atoms with Crippen LogP contribution in [0.1, 0.15) is 29.2 Å². The van der Waals surface area contributed by atoms with E-state index in [1.807, 2.05) is 32.9 Å². The Bertz CT molecular complexity index is 457. The third-order valence-corrected chi connectivity index (χ3v) is 2.93. The molecule has 0 unspecified atom stereocenters. The van der Waals surface area contributed by atoms with Gasteiger partial charge in [-0.25, -0.2) is 0 Å². The summed E-state index contributed by atoms with van der Waals surface area (Å²) < 4.78 is 0. The van der Waals surface area contributed by atoms with Gasteiger partial charge in [0, 0.05) is 0 Å². The topological polar surface area (TPSA) is 66.4 Å². The second kappa shape index (κ2) is 5.67. The first kappa shape index (κ1) is 14.2. The molecule has 4 heteroatoms. The second-order valence-corrected chi connectivity index (χ2v) is 4.68. The van der Waals surface area contributed by atoms with Gasteiger partial charge in [-0.05, 0) is 44.4 Å². The fourth-order valence-electron chi connectivity index (χ4n) is 2.00. The van der Waals surface area contributed by atoms with Crippen molar-refractivity contribution in [1.29, 1.82) is 0 Å². The van der Waals surface area contributed by atoms with Crippen molar-refractivity contribution < 1.29 is 14.7 Å². The second-order valence-electron chi connectivity index (χ2n) is 4.68. The van der Waals surface area contributed by atoms with Gasteiger partial charge in [-0.3, -0.25) is 9.59 Å². The van der Waals surface area contributed by atoms with E-state index in [1.54, 1.807) is 0 Å². The molecule has 0 fully saturated rings. The van der Waals surface area contributed by atoms with Crippen LogP contribution in [-0.2, 0) is 16.0 Å². The first-order valence-corrected chi connectivity index (χ1v) is 5.90. The Labute approximate surface area is 107 Å². The molecule has 1 amide bonds. The van der Waals surface area contributed by atoms with Crippen molar-refractivity contribution in [3.05, 3.63) is 34.4 Å². The van der Waals surface area contributed by atoms with E-state index < -0.39 is 12.0 Å². The van der Waals surface area contributed by atoms with Crippen molar-refractivity contribution in [3.8, 4) is 0 Å². The molecule has 2 N–H and O–H groups in total. The molecule has 0 aromatic heterocycles. The first-order chi connectivity index (χ1) is 8.31. The van der Waals surface area contributed by atoms with Crippen LogP contribution in [0.5, 0.6) is 0 Å². The number of carboxylic acid groups (broad SMARTS) is 1. The predicted molar refractivity (Wildman–Crippen MR) is 69.6 cm³/mol. The highest BCUT2D eigenvalue weighted by molar-refractivity contribution is 5.85. The number of carboxylic acids is 1. The minimum Gasteiger partial charge on any atom is -0.480 e. The van der Waals surface area contributed by atoms with Crippen LogP contribution in [0.4, 0.5) is 0 Å². The van der Waals surface area contributed by atoms with Crippen molar-refractivity contribution >= 4 is 11.9 Å². The van der Waals surface area contributed by atoms with Crippen LogP contribution in [0.25, 0.3) is 0 Å². The van der Waals surface area contributed by atoms with Gasteiger partial charge in [0.05, 0.1) is 6.42 Å². The third kappa shape index (κ3) is 3.58. The smallest absolute Gasteiger partial charge is 0.325 e. The lowest BCUT2D eigenvalue weighted by molar-refractivity contribution is -0.141. The molecule has 0 aliphatic rings. The molecule has 0 bridgehead atoms. The molecular formula is C14H19NO3. The zero-order valence-electron chi connectivity index (χ0n) is 11.2. The van der Waals surface area contributed by atoms with E-state index in [4.69, 9.17) is 5.11 Å². The van der Waals surface area contributed by atoms with Crippen LogP contribution in [0.2, 0.25) is 0 Å². The number of aryl methyl sites for hydroxylation is 3. The lowest BCUT2D eigenvalue weighted by atomic mass is 9.97. The fraction of sp³-hybridized carbons (Fsp3) is 0.429. The van der Waals surface area contributed by atoms with Gasteiger partial charge >= 0.3 is 5.97 Å². The lowest BCUT2D eigenvalue weighted by Gasteiger charge is -2.13. The Morgan fingerprint density at radius 2 is 1.72 bits per heavy atom. The van der Waals surface area contributed by atoms with Crippen LogP contribution in [0, 0.1) is 20.8 Å². The highest BCUT2D eigenvalue weighted by Gasteiger charge is 2.15. The van der Waals surface area contributed by atoms with E-state index >= 15 is 0 Å². The van der Waals surface area contributed by atoms with Crippen LogP contribution in [0.3, 0.4) is 0 Å². The maximum atomic E-state index is 11.7. The quantitative estimate of drug-likeness (QED) is 0.854. The molecule has 0 aliphatic heterocycles. The summed E-state index contributed by atoms with van der Waals surface area (Å²) >= 11 is 0. The van der Waals surface area contributed by atoms with Gasteiger partial charge in [0.1, 0.15) is 6.04 Å². The third-order valence-electron chi connectivity index (χ3n) is 2.93. The van der Waals surface area contributed by atoms with Crippen molar-refractivity contribution in [3.63, 3.8) is 0 Å². The molecule has 98 valence electrons. The normalized spacial score (nSPS) is 12.0. The number of carbonyl (C=O) groups is 2. The van der Waals surface area contributed by atoms with Crippen molar-refractivity contribution in [2.45, 2.75) is 40.2 Å². The number of amides is 1. The highest BCUT2D eigenvalue weighted by atomic mass is 16.4. The summed E-state index contributed by atoms with van der Waals surface area (Å²) in [6, 6.07) is 3.19. The zero-order chi connectivity index (χ0) is 13.9. The predicted octanol–water partition coefficient (Wildman–Crippen LogP) is 1.74. The molecular weight excluding hydrogens is 230 g/mol. The summed E-state index contributed by atoms with van der Waals surface area (Å²) in [5.74, 6) is -1.29. The summed E-state index contributed by atoms with van der Waals surface area (Å²) in [6.45, 7) is 7.39. The van der Waals surface area contributed by atoms with Gasteiger partial charge in [0.15, 0.2) is 0 Å². The number of hydrogen-bond donors (Lipinski definition) is 2. The van der Waals surface area contributed by atoms with Gasteiger partial charge in [0.2, 0.25) is 5.91 Å². The van der Waals surface area contributed by atoms with Gasteiger partial charge in [-0.1, -0.05) is 17.7 Å². The van der Waals surface area contributed by atoms with Crippen molar-refractivity contribution in [2.24, 2.45) is 0 Å². The number of benzene rings is 1. The molecule has 1 aromatic rings. The van der Waals surface area contributed by atoms with Crippen molar-refractivity contribution in [2.75, 3.05) is 0 Å². The molecule has 0 saturated carbocycles. The van der Waals surface area contributed by atoms with Gasteiger partial charge in [-0.2, -0.15) is 0 Å². The summed E-state index contributed by atoms with van der Waals surface area (Å²) in [5, 5.41) is 11.2. The average Bonchev–Trinajstić information content (AvgIpc) is 2.23. The molecule has 0 saturated heterocycles. The molecule has 1 aromatic carbocycles. The van der Waals surface area contributed by atoms with Gasteiger partial charge in [0.25, 0.3) is 0 Å². The molecule has 0 heterocycles. The summed E-state index contributed by atoms with van der Waals surface area (Å²) in [5.41, 5.74) is 4.25. The molecule has 18 heavy (non-hydrogen) atoms. The average molecular weight is 249 g/mol. The van der Waals surface area contributed by atoms with E-state index in [1.165, 1.54) is 6.92 Å². The maximum Gasteiger partial charge on any atom is 0.325 e. The Morgan fingerprint density at radius 3 is 2.17 bits per heavy atom. The van der Waals surface area contributed by atoms with Crippen LogP contribution in [-0.4, -0.2) is 23.0 Å². The Morgan fingerprint density at radius 1 is 1.22 bits per heavy atom. The minimum absolute atomic E-state index is 0.218. The SMILES string of the molecule is Cc1cc(C)c(CC(=O)N[C@@H](C)C(=O)O)c(C)c1. The summed E-state index contributed by atoms with van der Waals surface area (Å²) in [4.78, 5) is 22.4. The molecule has 0 aliphatic carbocycles. The van der Waals surface area contributed by atoms with E-state index in [2.05, 4.69) is 5.32 Å². The molecule has 1 rings (SSSR count). The van der Waals surface area contributed by atoms with E-state index in [9.17, 15) is 9.59 Å². The van der Waals surface area contributed by atoms with E-state index in [-0.39, 0.29) is 12.3 Å². The Hall–Kier alpha value is -1.84. The summed E-state index contributed by atoms with van der Waals surface area (Å²) in [6.07, 6.45) is 0.218. The van der Waals surface area contributed by atoms with Crippen LogP contribution < -0.4 is 5.32 Å². The summed E-state index contributed by atoms with van der Waals surface area (Å²) in [7, 11) is 0. The zero-order valence-corrected chi connectivity index (χ0v) is 11.2. The monoisotopic (exact) mass is 249 g/mol. The van der Waals surface area contributed by atoms with E-state index in [0.29, 0.717) is 0 Å². The van der Waals surface area contributed by atoms with Crippen LogP contribution in [0.15, 0.2) is 12.1 Å². The molecule has 4 nitrogen and oxygen atoms in total. The van der Waals surface area contributed by atoms with E-state index in [0.717, 1.165) is 22.3 Å². The largest absolute Gasteiger partial charge is 0.480 e. The van der Waals surface area contributed by atoms with Crippen molar-refractivity contribution in [1.82, 2.24) is 5.32 Å². The number of aliphatic carboxylic acids is 1. The van der Waals surface area contributed by atoms with Crippen LogP contribution >= 0.6 is 0 Å². The van der Waals surface area contributed by atoms with Gasteiger partial charge < -0.3 is 10.4 Å². The molecule has 0 spiro atoms.